The molecule has 1 spiro atoms. The summed E-state index contributed by atoms with van der Waals surface area (Å²) >= 11 is 1.84. The number of amidine groups is 1. The van der Waals surface area contributed by atoms with E-state index in [2.05, 4.69) is 15.5 Å². The number of nitrogens with one attached hydrogen (secondary N) is 1. The minimum Gasteiger partial charge on any atom is -0.359 e. The molecule has 0 amide bonds. The van der Waals surface area contributed by atoms with Gasteiger partial charge in [0.1, 0.15) is 6.54 Å². The van der Waals surface area contributed by atoms with Crippen LogP contribution in [0.4, 0.5) is 0 Å². The summed E-state index contributed by atoms with van der Waals surface area (Å²) in [5.41, 5.74) is 0.352. The molecule has 1 aromatic heterocycles. The van der Waals surface area contributed by atoms with Crippen LogP contribution in [0.1, 0.15) is 31.4 Å². The second kappa shape index (κ2) is 4.13. The van der Waals surface area contributed by atoms with Crippen LogP contribution in [0.2, 0.25) is 0 Å². The summed E-state index contributed by atoms with van der Waals surface area (Å²) < 4.78 is 5.02. The van der Waals surface area contributed by atoms with E-state index in [1.807, 2.05) is 17.8 Å². The fourth-order valence-corrected chi connectivity index (χ4v) is 3.60. The smallest absolute Gasteiger partial charge is 0.158 e. The molecule has 5 heteroatoms. The SMILES string of the molecule is c1cc(CN=C2NC3(CCCC3)CS2)on1. The monoisotopic (exact) mass is 237 g/mol. The molecule has 2 heterocycles. The minimum absolute atomic E-state index is 0.352. The Morgan fingerprint density at radius 1 is 1.50 bits per heavy atom. The number of hydrogen-bond acceptors (Lipinski definition) is 4. The van der Waals surface area contributed by atoms with Gasteiger partial charge >= 0.3 is 0 Å². The molecule has 86 valence electrons. The highest BCUT2D eigenvalue weighted by molar-refractivity contribution is 8.14. The first-order valence-electron chi connectivity index (χ1n) is 5.71. The van der Waals surface area contributed by atoms with Gasteiger partial charge in [-0.2, -0.15) is 0 Å². The highest BCUT2D eigenvalue weighted by atomic mass is 32.2. The molecule has 1 aromatic rings. The van der Waals surface area contributed by atoms with Crippen molar-refractivity contribution in [3.8, 4) is 0 Å². The average molecular weight is 237 g/mol. The van der Waals surface area contributed by atoms with Gasteiger partial charge in [-0.3, -0.25) is 4.99 Å². The topological polar surface area (TPSA) is 50.4 Å². The quantitative estimate of drug-likeness (QED) is 0.856. The van der Waals surface area contributed by atoms with Crippen molar-refractivity contribution in [2.45, 2.75) is 37.8 Å². The van der Waals surface area contributed by atoms with E-state index in [4.69, 9.17) is 4.52 Å². The van der Waals surface area contributed by atoms with Gasteiger partial charge in [0.2, 0.25) is 0 Å². The first-order chi connectivity index (χ1) is 7.86. The summed E-state index contributed by atoms with van der Waals surface area (Å²) in [4.78, 5) is 4.52. The summed E-state index contributed by atoms with van der Waals surface area (Å²) in [7, 11) is 0. The second-order valence-electron chi connectivity index (χ2n) is 4.50. The predicted octanol–water partition coefficient (Wildman–Crippen LogP) is 2.18. The molecular formula is C11H15N3OS. The molecular weight excluding hydrogens is 222 g/mol. The van der Waals surface area contributed by atoms with Gasteiger partial charge in [-0.15, -0.1) is 0 Å². The number of hydrogen-bond donors (Lipinski definition) is 1. The van der Waals surface area contributed by atoms with Gasteiger partial charge < -0.3 is 9.84 Å². The maximum Gasteiger partial charge on any atom is 0.158 e. The van der Waals surface area contributed by atoms with Crippen molar-refractivity contribution in [1.29, 1.82) is 0 Å². The third-order valence-corrected chi connectivity index (χ3v) is 4.49. The molecule has 3 rings (SSSR count). The van der Waals surface area contributed by atoms with Gasteiger partial charge in [-0.05, 0) is 12.8 Å². The summed E-state index contributed by atoms with van der Waals surface area (Å²) in [6, 6.07) is 1.86. The molecule has 0 bridgehead atoms. The van der Waals surface area contributed by atoms with Gasteiger partial charge in [0.05, 0.1) is 6.20 Å². The Morgan fingerprint density at radius 3 is 3.12 bits per heavy atom. The zero-order valence-electron chi connectivity index (χ0n) is 9.11. The lowest BCUT2D eigenvalue weighted by molar-refractivity contribution is 0.385. The van der Waals surface area contributed by atoms with E-state index in [1.54, 1.807) is 6.20 Å². The summed E-state index contributed by atoms with van der Waals surface area (Å²) in [6.07, 6.45) is 6.94. The molecule has 1 aliphatic heterocycles. The molecule has 1 saturated carbocycles. The largest absolute Gasteiger partial charge is 0.359 e. The summed E-state index contributed by atoms with van der Waals surface area (Å²) in [6.45, 7) is 0.589. The maximum absolute atomic E-state index is 5.02. The Hall–Kier alpha value is -0.970. The van der Waals surface area contributed by atoms with E-state index in [9.17, 15) is 0 Å². The lowest BCUT2D eigenvalue weighted by Gasteiger charge is -2.21. The van der Waals surface area contributed by atoms with Crippen molar-refractivity contribution in [3.05, 3.63) is 18.0 Å². The zero-order chi connectivity index (χ0) is 10.8. The molecule has 0 radical (unpaired) electrons. The van der Waals surface area contributed by atoms with Crippen LogP contribution in [0.15, 0.2) is 21.8 Å². The summed E-state index contributed by atoms with van der Waals surface area (Å²) in [5, 5.41) is 8.31. The van der Waals surface area contributed by atoms with Gasteiger partial charge in [-0.1, -0.05) is 29.8 Å². The molecule has 1 N–H and O–H groups in total. The van der Waals surface area contributed by atoms with Crippen LogP contribution < -0.4 is 5.32 Å². The fourth-order valence-electron chi connectivity index (χ4n) is 2.39. The van der Waals surface area contributed by atoms with Gasteiger partial charge in [0.15, 0.2) is 10.9 Å². The van der Waals surface area contributed by atoms with Crippen LogP contribution in [0.25, 0.3) is 0 Å². The predicted molar refractivity (Wildman–Crippen MR) is 64.4 cm³/mol. The van der Waals surface area contributed by atoms with Crippen LogP contribution in [0, 0.1) is 0 Å². The van der Waals surface area contributed by atoms with Crippen molar-refractivity contribution < 1.29 is 4.52 Å². The fraction of sp³-hybridized carbons (Fsp3) is 0.636. The van der Waals surface area contributed by atoms with Crippen molar-refractivity contribution in [1.82, 2.24) is 10.5 Å². The molecule has 2 fully saturated rings. The molecule has 16 heavy (non-hydrogen) atoms. The van der Waals surface area contributed by atoms with Crippen LogP contribution in [-0.2, 0) is 6.54 Å². The van der Waals surface area contributed by atoms with Crippen molar-refractivity contribution in [2.24, 2.45) is 4.99 Å². The Morgan fingerprint density at radius 2 is 2.38 bits per heavy atom. The number of aliphatic imine (C=N–C) groups is 1. The zero-order valence-corrected chi connectivity index (χ0v) is 9.92. The molecule has 0 unspecified atom stereocenters. The molecule has 2 aliphatic rings. The normalized spacial score (nSPS) is 25.4. The van der Waals surface area contributed by atoms with Crippen molar-refractivity contribution in [3.63, 3.8) is 0 Å². The molecule has 4 nitrogen and oxygen atoms in total. The third-order valence-electron chi connectivity index (χ3n) is 3.29. The Bertz CT molecular complexity index is 382. The van der Waals surface area contributed by atoms with Crippen LogP contribution in [-0.4, -0.2) is 21.6 Å². The third kappa shape index (κ3) is 1.96. The molecule has 1 aliphatic carbocycles. The molecule has 0 atom stereocenters. The van der Waals surface area contributed by atoms with E-state index in [0.717, 1.165) is 10.9 Å². The standard InChI is InChI=1S/C11H15N3OS/c1-2-5-11(4-1)8-16-10(14-11)12-7-9-3-6-13-15-9/h3,6H,1-2,4-5,7-8H2,(H,12,14). The van der Waals surface area contributed by atoms with Crippen LogP contribution >= 0.6 is 11.8 Å². The lowest BCUT2D eigenvalue weighted by atomic mass is 10.0. The van der Waals surface area contributed by atoms with Gasteiger partial charge in [0, 0.05) is 17.4 Å². The van der Waals surface area contributed by atoms with E-state index >= 15 is 0 Å². The van der Waals surface area contributed by atoms with Crippen molar-refractivity contribution in [2.75, 3.05) is 5.75 Å². The number of thioether (sulfide) groups is 1. The Labute approximate surface area is 98.9 Å². The van der Waals surface area contributed by atoms with E-state index < -0.39 is 0 Å². The van der Waals surface area contributed by atoms with Crippen molar-refractivity contribution >= 4 is 16.9 Å². The molecule has 0 aromatic carbocycles. The number of nitrogens with zero attached hydrogens (tertiary/aromatic N) is 2. The average Bonchev–Trinajstić information content (AvgIpc) is 3.01. The van der Waals surface area contributed by atoms with E-state index in [0.29, 0.717) is 12.1 Å². The maximum atomic E-state index is 5.02. The van der Waals surface area contributed by atoms with Gasteiger partial charge in [0.25, 0.3) is 0 Å². The Balaban J connectivity index is 1.62. The van der Waals surface area contributed by atoms with E-state index in [1.165, 1.54) is 31.4 Å². The highest BCUT2D eigenvalue weighted by Crippen LogP contribution is 2.37. The van der Waals surface area contributed by atoms with Gasteiger partial charge in [-0.25, -0.2) is 0 Å². The highest BCUT2D eigenvalue weighted by Gasteiger charge is 2.39. The first-order valence-corrected chi connectivity index (χ1v) is 6.70. The first kappa shape index (κ1) is 10.2. The number of rotatable bonds is 2. The molecule has 1 saturated heterocycles. The van der Waals surface area contributed by atoms with Crippen LogP contribution in [0.3, 0.4) is 0 Å². The van der Waals surface area contributed by atoms with Crippen LogP contribution in [0.5, 0.6) is 0 Å². The Kier molecular flexibility index (Phi) is 2.63. The minimum atomic E-state index is 0.352. The summed E-state index contributed by atoms with van der Waals surface area (Å²) in [5.74, 6) is 1.99. The lowest BCUT2D eigenvalue weighted by Crippen LogP contribution is -2.40. The second-order valence-corrected chi connectivity index (χ2v) is 5.47. The van der Waals surface area contributed by atoms with E-state index in [-0.39, 0.29) is 0 Å². The number of aromatic nitrogens is 1.